The van der Waals surface area contributed by atoms with Crippen LogP contribution in [0, 0.1) is 0 Å². The van der Waals surface area contributed by atoms with Crippen LogP contribution in [0.3, 0.4) is 0 Å². The third-order valence-corrected chi connectivity index (χ3v) is 4.63. The average Bonchev–Trinajstić information content (AvgIpc) is 2.36. The van der Waals surface area contributed by atoms with Crippen molar-refractivity contribution in [1.29, 1.82) is 0 Å². The van der Waals surface area contributed by atoms with Gasteiger partial charge in [-0.25, -0.2) is 13.1 Å². The molecule has 0 amide bonds. The first-order valence-electron chi connectivity index (χ1n) is 6.50. The number of hydrogen-bond donors (Lipinski definition) is 2. The lowest BCUT2D eigenvalue weighted by molar-refractivity contribution is -0.137. The summed E-state index contributed by atoms with van der Waals surface area (Å²) in [5, 5.41) is 8.68. The van der Waals surface area contributed by atoms with E-state index in [2.05, 4.69) is 4.72 Å². The molecule has 1 aromatic rings. The van der Waals surface area contributed by atoms with Gasteiger partial charge in [0.1, 0.15) is 0 Å². The van der Waals surface area contributed by atoms with E-state index in [9.17, 15) is 13.2 Å². The molecule has 1 rings (SSSR count). The number of methoxy groups -OCH3 is 1. The molecule has 0 saturated heterocycles. The minimum absolute atomic E-state index is 0.0949. The van der Waals surface area contributed by atoms with Gasteiger partial charge in [0.25, 0.3) is 0 Å². The predicted molar refractivity (Wildman–Crippen MR) is 78.4 cm³/mol. The predicted octanol–water partition coefficient (Wildman–Crippen LogP) is 1.75. The highest BCUT2D eigenvalue weighted by atomic mass is 32.2. The summed E-state index contributed by atoms with van der Waals surface area (Å²) in [6, 6.07) is 6.37. The number of carbonyl (C=O) groups is 1. The van der Waals surface area contributed by atoms with Crippen LogP contribution in [0.5, 0.6) is 0 Å². The van der Waals surface area contributed by atoms with Crippen molar-refractivity contribution in [3.63, 3.8) is 0 Å². The van der Waals surface area contributed by atoms with Gasteiger partial charge in [0.2, 0.25) is 10.0 Å². The Hall–Kier alpha value is -1.44. The van der Waals surface area contributed by atoms with E-state index in [1.54, 1.807) is 33.1 Å². The number of nitrogens with one attached hydrogen (secondary N) is 1. The van der Waals surface area contributed by atoms with Crippen LogP contribution in [0.4, 0.5) is 0 Å². The number of carboxylic acids is 1. The number of hydrogen-bond acceptors (Lipinski definition) is 4. The van der Waals surface area contributed by atoms with Gasteiger partial charge in [0.05, 0.1) is 11.5 Å². The number of benzene rings is 1. The maximum absolute atomic E-state index is 12.3. The van der Waals surface area contributed by atoms with Crippen LogP contribution in [0.2, 0.25) is 0 Å². The number of rotatable bonds is 8. The van der Waals surface area contributed by atoms with Crippen molar-refractivity contribution in [2.75, 3.05) is 7.11 Å². The molecule has 7 heteroatoms. The Labute approximate surface area is 125 Å². The van der Waals surface area contributed by atoms with Gasteiger partial charge >= 0.3 is 5.97 Å². The van der Waals surface area contributed by atoms with Crippen LogP contribution < -0.4 is 4.72 Å². The Bertz CT molecular complexity index is 578. The summed E-state index contributed by atoms with van der Waals surface area (Å²) in [5.74, 6) is -0.953. The highest BCUT2D eigenvalue weighted by Crippen LogP contribution is 2.18. The molecule has 0 spiro atoms. The third kappa shape index (κ3) is 5.82. The normalized spacial score (nSPS) is 12.3. The standard InChI is InChI=1S/C14H21NO5S/c1-14(2,9-8-13(16)17)15-21(18,19)12-6-4-11(5-7-12)10-20-3/h4-7,15H,8-10H2,1-3H3,(H,16,17). The molecule has 0 fully saturated rings. The minimum Gasteiger partial charge on any atom is -0.481 e. The van der Waals surface area contributed by atoms with E-state index < -0.39 is 21.5 Å². The summed E-state index contributed by atoms with van der Waals surface area (Å²) in [6.07, 6.45) is 0.117. The third-order valence-electron chi connectivity index (χ3n) is 2.92. The Balaban J connectivity index is 2.82. The molecule has 21 heavy (non-hydrogen) atoms. The monoisotopic (exact) mass is 315 g/mol. The number of carboxylic acid groups (broad SMARTS) is 1. The Morgan fingerprint density at radius 2 is 1.86 bits per heavy atom. The molecular formula is C14H21NO5S. The second kappa shape index (κ2) is 7.02. The van der Waals surface area contributed by atoms with E-state index in [4.69, 9.17) is 9.84 Å². The molecule has 0 aliphatic rings. The average molecular weight is 315 g/mol. The zero-order valence-corrected chi connectivity index (χ0v) is 13.2. The molecule has 2 N–H and O–H groups in total. The van der Waals surface area contributed by atoms with Crippen molar-refractivity contribution in [2.45, 2.75) is 43.7 Å². The highest BCUT2D eigenvalue weighted by molar-refractivity contribution is 7.89. The molecule has 0 heterocycles. The summed E-state index contributed by atoms with van der Waals surface area (Å²) in [4.78, 5) is 10.7. The van der Waals surface area contributed by atoms with E-state index >= 15 is 0 Å². The number of aliphatic carboxylic acids is 1. The summed E-state index contributed by atoms with van der Waals surface area (Å²) in [5.41, 5.74) is 0.0455. The van der Waals surface area contributed by atoms with Gasteiger partial charge in [-0.2, -0.15) is 0 Å². The molecule has 0 aliphatic carbocycles. The molecule has 0 radical (unpaired) electrons. The van der Waals surface area contributed by atoms with Crippen LogP contribution >= 0.6 is 0 Å². The maximum Gasteiger partial charge on any atom is 0.303 e. The Morgan fingerprint density at radius 1 is 1.29 bits per heavy atom. The van der Waals surface area contributed by atoms with Gasteiger partial charge in [-0.05, 0) is 38.0 Å². The first-order chi connectivity index (χ1) is 9.66. The highest BCUT2D eigenvalue weighted by Gasteiger charge is 2.26. The van der Waals surface area contributed by atoms with Crippen molar-refractivity contribution in [3.8, 4) is 0 Å². The van der Waals surface area contributed by atoms with Crippen molar-refractivity contribution in [2.24, 2.45) is 0 Å². The van der Waals surface area contributed by atoms with Crippen LogP contribution in [-0.2, 0) is 26.2 Å². The van der Waals surface area contributed by atoms with Gasteiger partial charge in [-0.3, -0.25) is 4.79 Å². The van der Waals surface area contributed by atoms with Crippen LogP contribution in [0.15, 0.2) is 29.2 Å². The van der Waals surface area contributed by atoms with E-state index in [1.165, 1.54) is 12.1 Å². The van der Waals surface area contributed by atoms with Gasteiger partial charge in [-0.15, -0.1) is 0 Å². The topological polar surface area (TPSA) is 92.7 Å². The summed E-state index contributed by atoms with van der Waals surface area (Å²) < 4.78 is 32.0. The Morgan fingerprint density at radius 3 is 2.33 bits per heavy atom. The fraction of sp³-hybridized carbons (Fsp3) is 0.500. The van der Waals surface area contributed by atoms with Crippen molar-refractivity contribution in [3.05, 3.63) is 29.8 Å². The number of ether oxygens (including phenoxy) is 1. The lowest BCUT2D eigenvalue weighted by atomic mass is 10.0. The molecule has 118 valence electrons. The molecular weight excluding hydrogens is 294 g/mol. The van der Waals surface area contributed by atoms with Crippen LogP contribution in [0.25, 0.3) is 0 Å². The minimum atomic E-state index is -3.68. The van der Waals surface area contributed by atoms with Gasteiger partial charge in [-0.1, -0.05) is 12.1 Å². The molecule has 0 saturated carbocycles. The fourth-order valence-corrected chi connectivity index (χ4v) is 3.27. The lowest BCUT2D eigenvalue weighted by Crippen LogP contribution is -2.43. The van der Waals surface area contributed by atoms with E-state index in [1.807, 2.05) is 0 Å². The summed E-state index contributed by atoms with van der Waals surface area (Å²) in [6.45, 7) is 3.73. The van der Waals surface area contributed by atoms with Gasteiger partial charge in [0.15, 0.2) is 0 Å². The maximum atomic E-state index is 12.3. The zero-order chi connectivity index (χ0) is 16.1. The quantitative estimate of drug-likeness (QED) is 0.762. The molecule has 1 aromatic carbocycles. The largest absolute Gasteiger partial charge is 0.481 e. The summed E-state index contributed by atoms with van der Waals surface area (Å²) >= 11 is 0. The molecule has 6 nitrogen and oxygen atoms in total. The summed E-state index contributed by atoms with van der Waals surface area (Å²) in [7, 11) is -2.11. The number of sulfonamides is 1. The first kappa shape index (κ1) is 17.6. The molecule has 0 unspecified atom stereocenters. The van der Waals surface area contributed by atoms with Crippen LogP contribution in [-0.4, -0.2) is 32.1 Å². The van der Waals surface area contributed by atoms with Gasteiger partial charge in [0, 0.05) is 19.1 Å². The van der Waals surface area contributed by atoms with Crippen molar-refractivity contribution < 1.29 is 23.1 Å². The molecule has 0 bridgehead atoms. The van der Waals surface area contributed by atoms with Gasteiger partial charge < -0.3 is 9.84 Å². The molecule has 0 aromatic heterocycles. The fourth-order valence-electron chi connectivity index (χ4n) is 1.82. The van der Waals surface area contributed by atoms with E-state index in [0.29, 0.717) is 6.61 Å². The van der Waals surface area contributed by atoms with E-state index in [-0.39, 0.29) is 17.7 Å². The lowest BCUT2D eigenvalue weighted by Gasteiger charge is -2.25. The second-order valence-electron chi connectivity index (χ2n) is 5.46. The van der Waals surface area contributed by atoms with Crippen LogP contribution in [0.1, 0.15) is 32.3 Å². The molecule has 0 aliphatic heterocycles. The Kier molecular flexibility index (Phi) is 5.88. The first-order valence-corrected chi connectivity index (χ1v) is 7.98. The zero-order valence-electron chi connectivity index (χ0n) is 12.4. The van der Waals surface area contributed by atoms with E-state index in [0.717, 1.165) is 5.56 Å². The second-order valence-corrected chi connectivity index (χ2v) is 7.14. The van der Waals surface area contributed by atoms with Crippen molar-refractivity contribution in [1.82, 2.24) is 4.72 Å². The SMILES string of the molecule is COCc1ccc(S(=O)(=O)NC(C)(C)CCC(=O)O)cc1. The van der Waals surface area contributed by atoms with Crippen molar-refractivity contribution >= 4 is 16.0 Å². The smallest absolute Gasteiger partial charge is 0.303 e. The molecule has 0 atom stereocenters.